The Morgan fingerprint density at radius 2 is 0.535 bits per heavy atom. The van der Waals surface area contributed by atoms with E-state index in [0.29, 0.717) is 39.1 Å². The third-order valence-electron chi connectivity index (χ3n) is 27.7. The van der Waals surface area contributed by atoms with Gasteiger partial charge in [-0.1, -0.05) is 184 Å². The molecule has 23 rings (SSSR count). The van der Waals surface area contributed by atoms with Crippen molar-refractivity contribution in [2.75, 3.05) is 19.6 Å². The maximum atomic E-state index is 12.2. The van der Waals surface area contributed by atoms with Crippen LogP contribution in [0.1, 0.15) is 87.2 Å². The van der Waals surface area contributed by atoms with Gasteiger partial charge in [0.2, 0.25) is 0 Å². The number of fused-ring (bicyclic) bond motifs is 14. The number of benzene rings is 17. The van der Waals surface area contributed by atoms with Gasteiger partial charge >= 0.3 is 434 Å². The quantitative estimate of drug-likeness (QED) is 0.127. The number of hydrogen-bond donors (Lipinski definition) is 0. The molecule has 0 atom stereocenters. The van der Waals surface area contributed by atoms with Crippen LogP contribution < -0.4 is 53.6 Å². The van der Waals surface area contributed by atoms with Crippen molar-refractivity contribution in [1.82, 2.24) is 9.13 Å². The smallest absolute Gasteiger partial charge is 0.0622 e. The van der Waals surface area contributed by atoms with Crippen LogP contribution in [-0.4, -0.2) is 42.4 Å². The molecule has 9 heteroatoms. The van der Waals surface area contributed by atoms with Crippen LogP contribution in [0.5, 0.6) is 0 Å². The van der Waals surface area contributed by atoms with Crippen molar-refractivity contribution in [3.8, 4) is 55.9 Å². The zero-order valence-corrected chi connectivity index (χ0v) is 78.3. The van der Waals surface area contributed by atoms with Gasteiger partial charge in [-0.15, -0.1) is 0 Å². The fraction of sp³-hybridized carbons (Fsp3) is 0.136. The number of anilines is 12. The van der Waals surface area contributed by atoms with Gasteiger partial charge < -0.3 is 0 Å². The Kier molecular flexibility index (Phi) is 16.5. The first-order valence-corrected chi connectivity index (χ1v) is 57.3. The molecule has 0 aliphatic carbocycles. The van der Waals surface area contributed by atoms with Crippen LogP contribution in [0.2, 0.25) is 23.0 Å². The summed E-state index contributed by atoms with van der Waals surface area (Å²) in [6.45, 7) is 19.2. The van der Waals surface area contributed by atoms with Crippen molar-refractivity contribution in [3.63, 3.8) is 0 Å². The molecule has 6 heterocycles. The van der Waals surface area contributed by atoms with Crippen LogP contribution in [-0.2, 0) is 16.2 Å². The van der Waals surface area contributed by atoms with E-state index >= 15 is 0 Å². The summed E-state index contributed by atoms with van der Waals surface area (Å²) in [5.74, 6) is 9.97. The van der Waals surface area contributed by atoms with Crippen LogP contribution in [0.3, 0.4) is 0 Å². The Morgan fingerprint density at radius 3 is 0.858 bits per heavy atom. The summed E-state index contributed by atoms with van der Waals surface area (Å²) in [6.07, 6.45) is 0. The van der Waals surface area contributed by atoms with Crippen molar-refractivity contribution in [3.05, 3.63) is 393 Å². The Morgan fingerprint density at radius 1 is 0.252 bits per heavy atom. The van der Waals surface area contributed by atoms with Crippen molar-refractivity contribution >= 4 is 179 Å². The molecular weight excluding hydrogens is 1660 g/mol. The van der Waals surface area contributed by atoms with Crippen molar-refractivity contribution < 1.29 is 8.22 Å². The second-order valence-corrected chi connectivity index (χ2v) is 57.3. The summed E-state index contributed by atoms with van der Waals surface area (Å²) in [5, 5.41) is 3.69. The fourth-order valence-corrected chi connectivity index (χ4v) is 33.7. The molecule has 17 aromatic carbocycles. The van der Waals surface area contributed by atoms with E-state index in [2.05, 4.69) is 442 Å². The third-order valence-corrected chi connectivity index (χ3v) is 42.5. The van der Waals surface area contributed by atoms with Crippen LogP contribution >= 0.6 is 0 Å². The second-order valence-electron chi connectivity index (χ2n) is 39.2. The number of para-hydroxylation sites is 6. The molecular formula is C118H101BGe2N6. The van der Waals surface area contributed by atoms with Gasteiger partial charge in [0, 0.05) is 33.6 Å². The van der Waals surface area contributed by atoms with E-state index in [1.54, 1.807) is 0 Å². The Bertz CT molecular complexity index is 7440. The molecule has 4 aliphatic heterocycles. The van der Waals surface area contributed by atoms with Crippen LogP contribution in [0, 0.1) is 0 Å². The molecule has 0 saturated carbocycles. The topological polar surface area (TPSA) is 22.8 Å². The molecule has 0 saturated heterocycles. The van der Waals surface area contributed by atoms with Crippen molar-refractivity contribution in [2.24, 2.45) is 0 Å². The molecule has 19 aromatic rings. The van der Waals surface area contributed by atoms with E-state index in [1.807, 2.05) is 12.1 Å². The van der Waals surface area contributed by atoms with Gasteiger partial charge in [-0.25, -0.2) is 0 Å². The Labute approximate surface area is 760 Å². The van der Waals surface area contributed by atoms with E-state index in [1.165, 1.54) is 40.3 Å². The molecule has 0 amide bonds. The summed E-state index contributed by atoms with van der Waals surface area (Å²) in [6, 6.07) is 121. The zero-order valence-electron chi connectivity index (χ0n) is 80.1. The average Bonchev–Trinajstić information content (AvgIpc) is 1.23. The summed E-state index contributed by atoms with van der Waals surface area (Å²) in [5.41, 5.74) is 24.1. The second kappa shape index (κ2) is 29.1. The minimum atomic E-state index is -2.85. The summed E-state index contributed by atoms with van der Waals surface area (Å²) in [7, 11) is 0. The normalized spacial score (nSPS) is 14.9. The van der Waals surface area contributed by atoms with Gasteiger partial charge in [0.05, 0.1) is 11.4 Å². The first-order chi connectivity index (χ1) is 64.0. The van der Waals surface area contributed by atoms with E-state index in [0.717, 1.165) is 128 Å². The summed E-state index contributed by atoms with van der Waals surface area (Å²) in [4.78, 5) is 9.46. The van der Waals surface area contributed by atoms with E-state index in [9.17, 15) is 8.22 Å². The van der Waals surface area contributed by atoms with Crippen molar-refractivity contribution in [1.29, 1.82) is 0 Å². The Hall–Kier alpha value is -13.3. The number of aromatic nitrogens is 2. The average molecular weight is 1770 g/mol. The van der Waals surface area contributed by atoms with Gasteiger partial charge in [0.15, 0.2) is 0 Å². The van der Waals surface area contributed by atoms with E-state index in [-0.39, 0.29) is 58.5 Å². The molecule has 0 spiro atoms. The van der Waals surface area contributed by atoms with Crippen LogP contribution in [0.25, 0.3) is 99.5 Å². The van der Waals surface area contributed by atoms with E-state index in [4.69, 9.17) is 0 Å². The maximum absolute atomic E-state index is 12.2. The molecule has 0 fully saturated rings. The van der Waals surface area contributed by atoms with Gasteiger partial charge in [0.1, 0.15) is 0 Å². The molecule has 0 radical (unpaired) electrons. The molecule has 0 unspecified atom stereocenters. The number of nitrogens with zero attached hydrogens (tertiary/aromatic N) is 6. The number of hydrogen-bond acceptors (Lipinski definition) is 4. The zero-order chi connectivity index (χ0) is 91.7. The predicted molar refractivity (Wildman–Crippen MR) is 550 cm³/mol. The first kappa shape index (κ1) is 71.9. The monoisotopic (exact) mass is 1770 g/mol. The van der Waals surface area contributed by atoms with Crippen LogP contribution in [0.15, 0.2) is 376 Å². The molecule has 127 heavy (non-hydrogen) atoms. The molecule has 4 aliphatic rings. The minimum Gasteiger partial charge on any atom is -0.0622 e. The van der Waals surface area contributed by atoms with Gasteiger partial charge in [-0.3, -0.25) is 0 Å². The minimum absolute atomic E-state index is 0.00524. The molecule has 614 valence electrons. The molecule has 0 bridgehead atoms. The number of rotatable bonds is 10. The van der Waals surface area contributed by atoms with Gasteiger partial charge in [-0.05, 0) is 97.1 Å². The molecule has 2 aromatic heterocycles. The fourth-order valence-electron chi connectivity index (χ4n) is 21.2. The molecule has 0 N–H and O–H groups in total. The Balaban J connectivity index is 0.880. The third kappa shape index (κ3) is 12.3. The van der Waals surface area contributed by atoms with Gasteiger partial charge in [0.25, 0.3) is 6.71 Å². The van der Waals surface area contributed by atoms with Gasteiger partial charge in [-0.2, -0.15) is 0 Å². The first-order valence-electron chi connectivity index (χ1n) is 47.7. The van der Waals surface area contributed by atoms with Crippen molar-refractivity contribution in [2.45, 2.75) is 102 Å². The van der Waals surface area contributed by atoms with Crippen LogP contribution in [0.4, 0.5) is 68.2 Å². The molecule has 6 nitrogen and oxygen atoms in total. The SMILES string of the molecule is [2H]c1c([2H])c(-n2c3ccccc3c3cc(N4c5cccc[c]5[Ge]([CH3])([CH3])[c]5ccccc54)ccc32)c([2H])c2c1B1c3c(cc(C(C)(C)C)cc3N(c3c(-c4ccccc4)cc(C(C)(C)C)cc3-c3ccccc3)c3c([2H])c(-n4c5ccccc5c5cc(N6c7cccc[c]7[Ge]([CH3])([CH3])[c]7ccccc76)ccc54)c([2H])c([2H])c31)N2c1c(-c2ccccc2)cc(C(C)(C)C)cc1-c1ccccc1. The summed E-state index contributed by atoms with van der Waals surface area (Å²) >= 11 is -5.70. The van der Waals surface area contributed by atoms with E-state index < -0.39 is 38.7 Å². The summed E-state index contributed by atoms with van der Waals surface area (Å²) < 4.78 is 80.7. The standard InChI is InChI=1S/C118H101BGe2N6/c1-116(2,3)80-66-89(76-38-18-14-19-39-76)114(90(67-80)77-40-20-15-21-41-77)126-109-74-85(122-101-52-32-26-46-87(101)93-72-83(60-64-103(93)122)124-105-54-34-28-48-97(105)120(10,11)98-49-29-35-55-106(98)124)58-62-95(109)119-96-63-59-86(123-102-53-33-27-47-88(102)94-73-84(61-65-104(94)123)125-107-56-36-30-50-99(107)121(12,13)100-51-31-37-57-108(100)125)75-110(96)127(112-71-82(118(7,8)9)70-111(126)113(112)119)115-91(78-42-22-16-23-43-78)68-81(117(4,5)6)69-92(115)79-44-24-17-25-45-79/h14-75H,1-13H3/i58D,59D,62D,63D,74D,75D. The predicted octanol–water partition coefficient (Wildman–Crippen LogP) is 27.7.